The summed E-state index contributed by atoms with van der Waals surface area (Å²) in [5.41, 5.74) is 5.89. The Morgan fingerprint density at radius 1 is 0.562 bits per heavy atom. The molecule has 1 aliphatic heterocycles. The van der Waals surface area contributed by atoms with Gasteiger partial charge in [0.05, 0.1) is 21.2 Å². The van der Waals surface area contributed by atoms with Gasteiger partial charge in [-0.25, -0.2) is 0 Å². The van der Waals surface area contributed by atoms with Crippen LogP contribution in [0.1, 0.15) is 0 Å². The summed E-state index contributed by atoms with van der Waals surface area (Å²) in [5.74, 6) is 0. The molecule has 1 heterocycles. The van der Waals surface area contributed by atoms with E-state index in [1.54, 1.807) is 36.0 Å². The van der Waals surface area contributed by atoms with E-state index in [2.05, 4.69) is 17.4 Å². The van der Waals surface area contributed by atoms with Gasteiger partial charge in [-0.15, -0.1) is 0 Å². The van der Waals surface area contributed by atoms with Gasteiger partial charge in [0.25, 0.3) is 11.4 Å². The lowest BCUT2D eigenvalue weighted by molar-refractivity contribution is -0.385. The minimum absolute atomic E-state index is 0.0652. The molecule has 0 atom stereocenters. The maximum atomic E-state index is 10.9. The molecule has 0 radical (unpaired) electrons. The van der Waals surface area contributed by atoms with Crippen molar-refractivity contribution in [2.24, 2.45) is 0 Å². The van der Waals surface area contributed by atoms with E-state index in [0.717, 1.165) is 43.4 Å². The number of anilines is 2. The second-order valence-corrected chi connectivity index (χ2v) is 8.34. The van der Waals surface area contributed by atoms with Crippen LogP contribution in [0.3, 0.4) is 0 Å². The van der Waals surface area contributed by atoms with Gasteiger partial charge in [0, 0.05) is 34.1 Å². The van der Waals surface area contributed by atoms with Gasteiger partial charge in [-0.1, -0.05) is 23.9 Å². The first-order chi connectivity index (χ1) is 15.5. The summed E-state index contributed by atoms with van der Waals surface area (Å²) in [5, 5.41) is 25.2. The number of nitro benzene ring substituents is 2. The smallest absolute Gasteiger partial charge is 0.269 e. The average molecular weight is 441 g/mol. The van der Waals surface area contributed by atoms with E-state index in [1.807, 2.05) is 24.3 Å². The molecule has 0 saturated heterocycles. The van der Waals surface area contributed by atoms with Crippen LogP contribution in [-0.2, 0) is 0 Å². The highest BCUT2D eigenvalue weighted by atomic mass is 32.2. The van der Waals surface area contributed by atoms with Crippen LogP contribution in [-0.4, -0.2) is 9.85 Å². The Kier molecular flexibility index (Phi) is 4.84. The van der Waals surface area contributed by atoms with Crippen molar-refractivity contribution < 1.29 is 9.85 Å². The monoisotopic (exact) mass is 441 g/mol. The van der Waals surface area contributed by atoms with Gasteiger partial charge in [0.15, 0.2) is 0 Å². The van der Waals surface area contributed by atoms with Crippen molar-refractivity contribution in [3.05, 3.63) is 105 Å². The third-order valence-electron chi connectivity index (χ3n) is 5.28. The van der Waals surface area contributed by atoms with Gasteiger partial charge in [-0.3, -0.25) is 20.2 Å². The minimum atomic E-state index is -0.407. The lowest BCUT2D eigenvalue weighted by Crippen LogP contribution is -2.00. The Bertz CT molecular complexity index is 1260. The summed E-state index contributed by atoms with van der Waals surface area (Å²) in [6.45, 7) is 0. The van der Waals surface area contributed by atoms with E-state index < -0.39 is 9.85 Å². The molecule has 8 heteroatoms. The van der Waals surface area contributed by atoms with Crippen LogP contribution in [0.25, 0.3) is 22.3 Å². The molecule has 0 unspecified atom stereocenters. The maximum Gasteiger partial charge on any atom is 0.269 e. The number of rotatable bonds is 4. The van der Waals surface area contributed by atoms with Crippen LogP contribution < -0.4 is 5.32 Å². The van der Waals surface area contributed by atoms with E-state index >= 15 is 0 Å². The first-order valence-corrected chi connectivity index (χ1v) is 10.5. The van der Waals surface area contributed by atoms with Crippen molar-refractivity contribution in [3.8, 4) is 22.3 Å². The largest absolute Gasteiger partial charge is 0.354 e. The van der Waals surface area contributed by atoms with Crippen LogP contribution in [0.2, 0.25) is 0 Å². The molecule has 4 aromatic carbocycles. The highest BCUT2D eigenvalue weighted by Gasteiger charge is 2.18. The highest BCUT2D eigenvalue weighted by Crippen LogP contribution is 2.46. The number of benzene rings is 4. The molecular formula is C24H15N3O4S. The first-order valence-electron chi connectivity index (χ1n) is 9.70. The second kappa shape index (κ2) is 7.82. The Morgan fingerprint density at radius 3 is 1.31 bits per heavy atom. The fourth-order valence-electron chi connectivity index (χ4n) is 3.59. The van der Waals surface area contributed by atoms with Crippen molar-refractivity contribution in [1.82, 2.24) is 0 Å². The van der Waals surface area contributed by atoms with E-state index in [-0.39, 0.29) is 11.4 Å². The van der Waals surface area contributed by atoms with Gasteiger partial charge < -0.3 is 5.32 Å². The molecule has 0 amide bonds. The molecule has 156 valence electrons. The topological polar surface area (TPSA) is 98.3 Å². The molecular weight excluding hydrogens is 426 g/mol. The Balaban J connectivity index is 1.44. The van der Waals surface area contributed by atoms with E-state index in [0.29, 0.717) is 0 Å². The zero-order valence-electron chi connectivity index (χ0n) is 16.5. The van der Waals surface area contributed by atoms with E-state index in [4.69, 9.17) is 0 Å². The molecule has 1 N–H and O–H groups in total. The molecule has 0 spiro atoms. The summed E-state index contributed by atoms with van der Waals surface area (Å²) in [6, 6.07) is 25.2. The van der Waals surface area contributed by atoms with Crippen molar-refractivity contribution in [1.29, 1.82) is 0 Å². The predicted molar refractivity (Wildman–Crippen MR) is 124 cm³/mol. The zero-order chi connectivity index (χ0) is 22.2. The second-order valence-electron chi connectivity index (χ2n) is 7.26. The number of fused-ring (bicyclic) bond motifs is 2. The number of non-ortho nitro benzene ring substituents is 2. The molecule has 7 nitrogen and oxygen atoms in total. The predicted octanol–water partition coefficient (Wildman–Crippen LogP) is 7.05. The fraction of sp³-hybridized carbons (Fsp3) is 0. The lowest BCUT2D eigenvalue weighted by Gasteiger charge is -2.22. The van der Waals surface area contributed by atoms with Crippen molar-refractivity contribution in [3.63, 3.8) is 0 Å². The molecule has 0 aromatic heterocycles. The van der Waals surface area contributed by atoms with Crippen molar-refractivity contribution in [2.45, 2.75) is 9.79 Å². The number of nitrogens with zero attached hydrogens (tertiary/aromatic N) is 2. The van der Waals surface area contributed by atoms with Gasteiger partial charge in [-0.05, 0) is 70.8 Å². The van der Waals surface area contributed by atoms with Gasteiger partial charge in [0.1, 0.15) is 0 Å². The molecule has 1 aliphatic rings. The van der Waals surface area contributed by atoms with E-state index in [1.165, 1.54) is 24.3 Å². The van der Waals surface area contributed by atoms with Crippen LogP contribution >= 0.6 is 11.8 Å². The first kappa shape index (κ1) is 19.8. The molecule has 32 heavy (non-hydrogen) atoms. The summed E-state index contributed by atoms with van der Waals surface area (Å²) in [6.07, 6.45) is 0. The SMILES string of the molecule is O=[N+]([O-])c1ccc(-c2ccc3c(c2)Sc2cc(-c4ccc([N+](=O)[O-])cc4)ccc2N3)cc1. The standard InChI is InChI=1S/C24H15N3O4S/c28-26(29)19-7-1-15(2-8-19)17-5-11-21-23(13-17)32-24-14-18(6-12-22(24)25-21)16-3-9-20(10-4-16)27(30)31/h1-14,25H. The summed E-state index contributed by atoms with van der Waals surface area (Å²) < 4.78 is 0. The maximum absolute atomic E-state index is 10.9. The third-order valence-corrected chi connectivity index (χ3v) is 6.39. The molecule has 0 saturated carbocycles. The number of nitrogens with one attached hydrogen (secondary N) is 1. The van der Waals surface area contributed by atoms with Gasteiger partial charge >= 0.3 is 0 Å². The van der Waals surface area contributed by atoms with Crippen molar-refractivity contribution >= 4 is 34.5 Å². The molecule has 0 bridgehead atoms. The van der Waals surface area contributed by atoms with Crippen LogP contribution in [0.5, 0.6) is 0 Å². The molecule has 5 rings (SSSR count). The number of hydrogen-bond acceptors (Lipinski definition) is 6. The quantitative estimate of drug-likeness (QED) is 0.237. The van der Waals surface area contributed by atoms with Gasteiger partial charge in [0.2, 0.25) is 0 Å². The van der Waals surface area contributed by atoms with Crippen molar-refractivity contribution in [2.75, 3.05) is 5.32 Å². The van der Waals surface area contributed by atoms with Crippen LogP contribution in [0.15, 0.2) is 94.7 Å². The summed E-state index contributed by atoms with van der Waals surface area (Å²) in [4.78, 5) is 23.1. The van der Waals surface area contributed by atoms with Crippen LogP contribution in [0.4, 0.5) is 22.7 Å². The highest BCUT2D eigenvalue weighted by molar-refractivity contribution is 7.99. The van der Waals surface area contributed by atoms with Gasteiger partial charge in [-0.2, -0.15) is 0 Å². The lowest BCUT2D eigenvalue weighted by atomic mass is 10.0. The Morgan fingerprint density at radius 2 is 0.938 bits per heavy atom. The molecule has 0 aliphatic carbocycles. The van der Waals surface area contributed by atoms with Crippen LogP contribution in [0, 0.1) is 20.2 Å². The molecule has 4 aromatic rings. The number of nitro groups is 2. The third kappa shape index (κ3) is 3.67. The number of hydrogen-bond donors (Lipinski definition) is 1. The average Bonchev–Trinajstić information content (AvgIpc) is 2.82. The Hall–Kier alpha value is -4.17. The molecule has 0 fully saturated rings. The van der Waals surface area contributed by atoms with E-state index in [9.17, 15) is 20.2 Å². The zero-order valence-corrected chi connectivity index (χ0v) is 17.3. The Labute approximate surface area is 187 Å². The summed E-state index contributed by atoms with van der Waals surface area (Å²) >= 11 is 1.64. The minimum Gasteiger partial charge on any atom is -0.354 e. The summed E-state index contributed by atoms with van der Waals surface area (Å²) in [7, 11) is 0. The normalized spacial score (nSPS) is 11.8. The fourth-order valence-corrected chi connectivity index (χ4v) is 4.66.